The quantitative estimate of drug-likeness (QED) is 0.439. The number of thiophene rings is 1. The van der Waals surface area contributed by atoms with Crippen LogP contribution >= 0.6 is 11.3 Å². The second-order valence-electron chi connectivity index (χ2n) is 6.02. The van der Waals surface area contributed by atoms with E-state index in [2.05, 4.69) is 21.6 Å². The first-order chi connectivity index (χ1) is 14.2. The Bertz CT molecular complexity index is 1040. The number of hydrogen-bond acceptors (Lipinski definition) is 9. The Morgan fingerprint density at radius 1 is 1.40 bits per heavy atom. The van der Waals surface area contributed by atoms with E-state index in [9.17, 15) is 28.3 Å². The standard InChI is InChI=1S/C17H15F2N3O7S/c1-2-28-14(26)10-4-3-9(30-10)13(25)20-11-5-6-22(16(27)21-11)15-17(18,19)12(24)8(7-23)29-15/h2-6,8,12,15,23-24H,1,7H2,(H,20,21,25,27)/t8-,12-,15-/m1/s1. The summed E-state index contributed by atoms with van der Waals surface area (Å²) in [6.45, 7) is 2.38. The number of alkyl halides is 2. The maximum absolute atomic E-state index is 14.2. The van der Waals surface area contributed by atoms with Crippen molar-refractivity contribution in [1.82, 2.24) is 9.55 Å². The molecule has 1 aliphatic rings. The molecule has 0 aromatic carbocycles. The van der Waals surface area contributed by atoms with E-state index in [1.165, 1.54) is 12.1 Å². The largest absolute Gasteiger partial charge is 0.431 e. The van der Waals surface area contributed by atoms with E-state index in [0.29, 0.717) is 4.57 Å². The Hall–Kier alpha value is -3.00. The van der Waals surface area contributed by atoms with Crippen LogP contribution in [0.1, 0.15) is 25.6 Å². The van der Waals surface area contributed by atoms with Gasteiger partial charge in [-0.15, -0.1) is 11.3 Å². The zero-order valence-corrected chi connectivity index (χ0v) is 15.8. The molecule has 0 saturated carbocycles. The number of halogens is 2. The lowest BCUT2D eigenvalue weighted by Crippen LogP contribution is -2.41. The van der Waals surface area contributed by atoms with Crippen LogP contribution in [0, 0.1) is 0 Å². The molecule has 1 amide bonds. The van der Waals surface area contributed by atoms with Gasteiger partial charge in [0.15, 0.2) is 6.10 Å². The molecule has 3 rings (SSSR count). The molecule has 10 nitrogen and oxygen atoms in total. The topological polar surface area (TPSA) is 140 Å². The van der Waals surface area contributed by atoms with Gasteiger partial charge in [-0.1, -0.05) is 6.58 Å². The summed E-state index contributed by atoms with van der Waals surface area (Å²) in [6.07, 6.45) is -4.20. The molecule has 0 bridgehead atoms. The van der Waals surface area contributed by atoms with Crippen molar-refractivity contribution in [2.75, 3.05) is 11.9 Å². The zero-order valence-electron chi connectivity index (χ0n) is 15.0. The lowest BCUT2D eigenvalue weighted by Gasteiger charge is -2.21. The minimum atomic E-state index is -3.85. The maximum atomic E-state index is 14.2. The number of esters is 1. The molecule has 13 heteroatoms. The second kappa shape index (κ2) is 8.39. The van der Waals surface area contributed by atoms with Gasteiger partial charge in [0, 0.05) is 6.20 Å². The molecule has 0 radical (unpaired) electrons. The number of nitrogens with one attached hydrogen (secondary N) is 1. The van der Waals surface area contributed by atoms with Crippen LogP contribution in [-0.2, 0) is 9.47 Å². The molecule has 3 N–H and O–H groups in total. The Kier molecular flexibility index (Phi) is 6.07. The summed E-state index contributed by atoms with van der Waals surface area (Å²) in [5.74, 6) is -5.47. The van der Waals surface area contributed by atoms with Crippen LogP contribution in [0.15, 0.2) is 42.0 Å². The summed E-state index contributed by atoms with van der Waals surface area (Å²) in [7, 11) is 0. The van der Waals surface area contributed by atoms with Crippen LogP contribution in [0.3, 0.4) is 0 Å². The average Bonchev–Trinajstić information content (AvgIpc) is 3.27. The van der Waals surface area contributed by atoms with E-state index >= 15 is 0 Å². The second-order valence-corrected chi connectivity index (χ2v) is 7.11. The van der Waals surface area contributed by atoms with Crippen LogP contribution in [0.5, 0.6) is 0 Å². The minimum absolute atomic E-state index is 0.108. The molecule has 0 spiro atoms. The molecule has 3 heterocycles. The molecule has 1 saturated heterocycles. The minimum Gasteiger partial charge on any atom is -0.431 e. The van der Waals surface area contributed by atoms with Crippen molar-refractivity contribution >= 4 is 29.0 Å². The van der Waals surface area contributed by atoms with Gasteiger partial charge in [0.05, 0.1) is 17.7 Å². The fraction of sp³-hybridized carbons (Fsp3) is 0.294. The van der Waals surface area contributed by atoms with Crippen molar-refractivity contribution in [3.63, 3.8) is 0 Å². The van der Waals surface area contributed by atoms with E-state index in [0.717, 1.165) is 29.9 Å². The molecule has 3 atom stereocenters. The number of aliphatic hydroxyl groups is 2. The maximum Gasteiger partial charge on any atom is 0.353 e. The summed E-state index contributed by atoms with van der Waals surface area (Å²) < 4.78 is 38.3. The molecule has 2 aromatic heterocycles. The van der Waals surface area contributed by atoms with Crippen LogP contribution in [0.4, 0.5) is 14.6 Å². The van der Waals surface area contributed by atoms with Crippen LogP contribution < -0.4 is 11.0 Å². The summed E-state index contributed by atoms with van der Waals surface area (Å²) in [6, 6.07) is 3.79. The number of carbonyl (C=O) groups is 2. The molecule has 1 fully saturated rings. The zero-order chi connectivity index (χ0) is 22.1. The van der Waals surface area contributed by atoms with Gasteiger partial charge < -0.3 is 25.0 Å². The first kappa shape index (κ1) is 21.7. The lowest BCUT2D eigenvalue weighted by atomic mass is 10.1. The third-order valence-electron chi connectivity index (χ3n) is 4.10. The molecule has 30 heavy (non-hydrogen) atoms. The monoisotopic (exact) mass is 443 g/mol. The van der Waals surface area contributed by atoms with Gasteiger partial charge in [-0.3, -0.25) is 9.36 Å². The van der Waals surface area contributed by atoms with Gasteiger partial charge in [-0.05, 0) is 18.2 Å². The van der Waals surface area contributed by atoms with E-state index in [1.807, 2.05) is 0 Å². The van der Waals surface area contributed by atoms with Gasteiger partial charge in [0.1, 0.15) is 16.8 Å². The fourth-order valence-corrected chi connectivity index (χ4v) is 3.44. The van der Waals surface area contributed by atoms with Crippen LogP contribution in [-0.4, -0.2) is 56.4 Å². The van der Waals surface area contributed by atoms with Crippen molar-refractivity contribution in [3.8, 4) is 0 Å². The normalized spacial score (nSPS) is 22.5. The number of aliphatic hydroxyl groups excluding tert-OH is 2. The molecular weight excluding hydrogens is 428 g/mol. The fourth-order valence-electron chi connectivity index (χ4n) is 2.66. The van der Waals surface area contributed by atoms with Crippen molar-refractivity contribution in [2.45, 2.75) is 24.4 Å². The number of carbonyl (C=O) groups excluding carboxylic acids is 2. The first-order valence-electron chi connectivity index (χ1n) is 8.33. The molecule has 2 aromatic rings. The van der Waals surface area contributed by atoms with Gasteiger partial charge in [0.2, 0.25) is 6.23 Å². The molecular formula is C17H15F2N3O7S. The third kappa shape index (κ3) is 4.00. The Morgan fingerprint density at radius 3 is 2.70 bits per heavy atom. The van der Waals surface area contributed by atoms with E-state index < -0.39 is 48.5 Å². The highest BCUT2D eigenvalue weighted by atomic mass is 32.1. The van der Waals surface area contributed by atoms with Crippen molar-refractivity contribution in [2.24, 2.45) is 0 Å². The van der Waals surface area contributed by atoms with Gasteiger partial charge in [-0.2, -0.15) is 13.8 Å². The number of aromatic nitrogens is 2. The molecule has 0 unspecified atom stereocenters. The lowest BCUT2D eigenvalue weighted by molar-refractivity contribution is -0.140. The van der Waals surface area contributed by atoms with E-state index in [-0.39, 0.29) is 15.6 Å². The van der Waals surface area contributed by atoms with Crippen molar-refractivity contribution in [3.05, 3.63) is 57.5 Å². The number of anilines is 1. The third-order valence-corrected chi connectivity index (χ3v) is 5.17. The number of amides is 1. The van der Waals surface area contributed by atoms with E-state index in [1.54, 1.807) is 0 Å². The van der Waals surface area contributed by atoms with Crippen molar-refractivity contribution < 1.29 is 38.1 Å². The Morgan fingerprint density at radius 2 is 2.10 bits per heavy atom. The van der Waals surface area contributed by atoms with Gasteiger partial charge >= 0.3 is 17.6 Å². The SMILES string of the molecule is C=COC(=O)c1ccc(C(=O)Nc2ccn([C@@H]3O[C@H](CO)[C@@H](O)C3(F)F)c(=O)n2)s1. The predicted octanol–water partition coefficient (Wildman–Crippen LogP) is 0.743. The highest BCUT2D eigenvalue weighted by molar-refractivity contribution is 7.16. The number of ether oxygens (including phenoxy) is 2. The predicted molar refractivity (Wildman–Crippen MR) is 98.3 cm³/mol. The molecule has 0 aliphatic carbocycles. The summed E-state index contributed by atoms with van der Waals surface area (Å²) in [5, 5.41) is 20.9. The highest BCUT2D eigenvalue weighted by Crippen LogP contribution is 2.41. The number of nitrogens with zero attached hydrogens (tertiary/aromatic N) is 2. The smallest absolute Gasteiger partial charge is 0.353 e. The number of rotatable bonds is 6. The Labute approximate surface area is 171 Å². The van der Waals surface area contributed by atoms with E-state index in [4.69, 9.17) is 9.84 Å². The van der Waals surface area contributed by atoms with Crippen molar-refractivity contribution in [1.29, 1.82) is 0 Å². The highest BCUT2D eigenvalue weighted by Gasteiger charge is 2.59. The summed E-state index contributed by atoms with van der Waals surface area (Å²) in [5.41, 5.74) is -1.18. The summed E-state index contributed by atoms with van der Waals surface area (Å²) >= 11 is 0.823. The Balaban J connectivity index is 1.76. The van der Waals surface area contributed by atoms with Gasteiger partial charge in [0.25, 0.3) is 5.91 Å². The summed E-state index contributed by atoms with van der Waals surface area (Å²) in [4.78, 5) is 39.8. The van der Waals surface area contributed by atoms with Gasteiger partial charge in [-0.25, -0.2) is 9.59 Å². The number of hydrogen-bond donors (Lipinski definition) is 3. The molecule has 160 valence electrons. The first-order valence-corrected chi connectivity index (χ1v) is 9.15. The molecule has 1 aliphatic heterocycles. The average molecular weight is 443 g/mol. The van der Waals surface area contributed by atoms with Crippen LogP contribution in [0.2, 0.25) is 0 Å². The van der Waals surface area contributed by atoms with Crippen LogP contribution in [0.25, 0.3) is 0 Å².